The lowest BCUT2D eigenvalue weighted by Gasteiger charge is -2.21. The molecule has 0 aliphatic heterocycles. The van der Waals surface area contributed by atoms with Crippen molar-refractivity contribution in [2.45, 2.75) is 20.8 Å². The quantitative estimate of drug-likeness (QED) is 0.647. The molecule has 0 unspecified atom stereocenters. The maximum absolute atomic E-state index is 12.8. The highest BCUT2D eigenvalue weighted by molar-refractivity contribution is 6.04. The third-order valence-corrected chi connectivity index (χ3v) is 4.29. The average molecular weight is 374 g/mol. The minimum absolute atomic E-state index is 0.00788. The third kappa shape index (κ3) is 4.40. The number of ketones is 1. The Hall–Kier alpha value is -3.54. The fourth-order valence-corrected chi connectivity index (χ4v) is 2.84. The topological polar surface area (TPSA) is 75.2 Å². The third-order valence-electron chi connectivity index (χ3n) is 4.29. The van der Waals surface area contributed by atoms with Crippen LogP contribution in [0.25, 0.3) is 0 Å². The molecule has 6 heteroatoms. The Labute approximate surface area is 164 Å². The maximum Gasteiger partial charge on any atom is 0.278 e. The van der Waals surface area contributed by atoms with Crippen LogP contribution in [-0.2, 0) is 0 Å². The van der Waals surface area contributed by atoms with Crippen LogP contribution in [0.15, 0.2) is 60.9 Å². The molecule has 3 aromatic rings. The molecular weight excluding hydrogens is 352 g/mol. The first kappa shape index (κ1) is 19.2. The van der Waals surface area contributed by atoms with Crippen LogP contribution >= 0.6 is 0 Å². The van der Waals surface area contributed by atoms with Gasteiger partial charge in [0.25, 0.3) is 5.91 Å². The van der Waals surface area contributed by atoms with Gasteiger partial charge in [0, 0.05) is 23.5 Å². The first-order valence-corrected chi connectivity index (χ1v) is 9.06. The van der Waals surface area contributed by atoms with Gasteiger partial charge in [0.2, 0.25) is 0 Å². The van der Waals surface area contributed by atoms with Gasteiger partial charge in [0.05, 0.1) is 12.4 Å². The normalized spacial score (nSPS) is 10.4. The van der Waals surface area contributed by atoms with Crippen LogP contribution in [0.2, 0.25) is 0 Å². The second-order valence-electron chi connectivity index (χ2n) is 6.44. The van der Waals surface area contributed by atoms with Gasteiger partial charge >= 0.3 is 0 Å². The highest BCUT2D eigenvalue weighted by Gasteiger charge is 2.18. The van der Waals surface area contributed by atoms with Crippen molar-refractivity contribution in [2.75, 3.05) is 16.8 Å². The summed E-state index contributed by atoms with van der Waals surface area (Å²) < 4.78 is 0. The van der Waals surface area contributed by atoms with E-state index in [9.17, 15) is 9.59 Å². The summed E-state index contributed by atoms with van der Waals surface area (Å²) in [5.74, 6) is 0.285. The molecule has 2 aromatic carbocycles. The molecule has 3 rings (SSSR count). The number of hydrogen-bond acceptors (Lipinski definition) is 5. The molecule has 0 aliphatic carbocycles. The molecule has 1 aromatic heterocycles. The molecule has 0 aliphatic rings. The number of nitrogens with zero attached hydrogens (tertiary/aromatic N) is 3. The lowest BCUT2D eigenvalue weighted by atomic mass is 10.1. The fraction of sp³-hybridized carbons (Fsp3) is 0.182. The summed E-state index contributed by atoms with van der Waals surface area (Å²) in [6.45, 7) is 5.96. The monoisotopic (exact) mass is 374 g/mol. The van der Waals surface area contributed by atoms with E-state index >= 15 is 0 Å². The molecule has 0 saturated heterocycles. The number of aryl methyl sites for hydroxylation is 1. The second kappa shape index (κ2) is 8.43. The Morgan fingerprint density at radius 2 is 1.82 bits per heavy atom. The van der Waals surface area contributed by atoms with Crippen molar-refractivity contribution in [3.63, 3.8) is 0 Å². The minimum atomic E-state index is -0.203. The number of amides is 1. The summed E-state index contributed by atoms with van der Waals surface area (Å²) in [6, 6.07) is 14.9. The minimum Gasteiger partial charge on any atom is -0.339 e. The number of hydrogen-bond donors (Lipinski definition) is 1. The van der Waals surface area contributed by atoms with Gasteiger partial charge in [-0.25, -0.2) is 9.97 Å². The number of benzene rings is 2. The molecule has 1 N–H and O–H groups in total. The van der Waals surface area contributed by atoms with E-state index in [1.807, 2.05) is 44.2 Å². The van der Waals surface area contributed by atoms with Gasteiger partial charge in [-0.15, -0.1) is 0 Å². The smallest absolute Gasteiger partial charge is 0.278 e. The first-order chi connectivity index (χ1) is 13.5. The van der Waals surface area contributed by atoms with Gasteiger partial charge in [0.1, 0.15) is 11.5 Å². The van der Waals surface area contributed by atoms with Crippen molar-refractivity contribution in [3.8, 4) is 0 Å². The van der Waals surface area contributed by atoms with E-state index in [0.29, 0.717) is 17.9 Å². The number of rotatable bonds is 6. The van der Waals surface area contributed by atoms with Crippen LogP contribution in [0.3, 0.4) is 0 Å². The Balaban J connectivity index is 1.77. The van der Waals surface area contributed by atoms with Crippen LogP contribution in [0.1, 0.15) is 40.3 Å². The summed E-state index contributed by atoms with van der Waals surface area (Å²) in [7, 11) is 0. The summed E-state index contributed by atoms with van der Waals surface area (Å²) in [5, 5.41) is 3.10. The molecule has 0 spiro atoms. The highest BCUT2D eigenvalue weighted by atomic mass is 16.2. The molecule has 1 heterocycles. The van der Waals surface area contributed by atoms with E-state index in [1.54, 1.807) is 23.1 Å². The summed E-state index contributed by atoms with van der Waals surface area (Å²) in [6.07, 6.45) is 2.97. The van der Waals surface area contributed by atoms with Gasteiger partial charge in [0.15, 0.2) is 5.78 Å². The molecule has 0 atom stereocenters. The Morgan fingerprint density at radius 1 is 1.04 bits per heavy atom. The average Bonchev–Trinajstić information content (AvgIpc) is 2.69. The molecular formula is C22H22N4O2. The van der Waals surface area contributed by atoms with Crippen LogP contribution < -0.4 is 10.2 Å². The SMILES string of the molecule is CCN(C(=O)c1cnc(Nc2cccc(C(C)=O)c2)cn1)c1cccc(C)c1. The molecule has 1 amide bonds. The van der Waals surface area contributed by atoms with Crippen molar-refractivity contribution < 1.29 is 9.59 Å². The molecule has 0 bridgehead atoms. The zero-order chi connectivity index (χ0) is 20.1. The first-order valence-electron chi connectivity index (χ1n) is 9.06. The van der Waals surface area contributed by atoms with Crippen molar-refractivity contribution in [1.29, 1.82) is 0 Å². The van der Waals surface area contributed by atoms with Crippen molar-refractivity contribution in [2.24, 2.45) is 0 Å². The van der Waals surface area contributed by atoms with Crippen LogP contribution in [-0.4, -0.2) is 28.2 Å². The Kier molecular flexibility index (Phi) is 5.79. The fourth-order valence-electron chi connectivity index (χ4n) is 2.84. The molecule has 0 radical (unpaired) electrons. The van der Waals surface area contributed by atoms with E-state index in [1.165, 1.54) is 19.3 Å². The van der Waals surface area contributed by atoms with Crippen LogP contribution in [0.5, 0.6) is 0 Å². The Bertz CT molecular complexity index is 999. The lowest BCUT2D eigenvalue weighted by molar-refractivity contribution is 0.0981. The van der Waals surface area contributed by atoms with Crippen molar-refractivity contribution >= 4 is 28.9 Å². The summed E-state index contributed by atoms with van der Waals surface area (Å²) in [4.78, 5) is 34.6. The molecule has 142 valence electrons. The van der Waals surface area contributed by atoms with E-state index in [2.05, 4.69) is 15.3 Å². The molecule has 6 nitrogen and oxygen atoms in total. The lowest BCUT2D eigenvalue weighted by Crippen LogP contribution is -2.31. The standard InChI is InChI=1S/C22H22N4O2/c1-4-26(19-10-5-7-15(2)11-19)22(28)20-13-24-21(14-23-20)25-18-9-6-8-17(12-18)16(3)27/h5-14H,4H2,1-3H3,(H,24,25). The number of aromatic nitrogens is 2. The van der Waals surface area contributed by atoms with Gasteiger partial charge in [-0.1, -0.05) is 24.3 Å². The van der Waals surface area contributed by atoms with Crippen LogP contribution in [0, 0.1) is 6.92 Å². The van der Waals surface area contributed by atoms with E-state index < -0.39 is 0 Å². The zero-order valence-corrected chi connectivity index (χ0v) is 16.1. The molecule has 0 fully saturated rings. The molecule has 28 heavy (non-hydrogen) atoms. The van der Waals surface area contributed by atoms with Gasteiger partial charge < -0.3 is 10.2 Å². The van der Waals surface area contributed by atoms with E-state index in [0.717, 1.165) is 16.9 Å². The van der Waals surface area contributed by atoms with E-state index in [4.69, 9.17) is 0 Å². The summed E-state index contributed by atoms with van der Waals surface area (Å²) in [5.41, 5.74) is 3.53. The summed E-state index contributed by atoms with van der Waals surface area (Å²) >= 11 is 0. The predicted molar refractivity (Wildman–Crippen MR) is 110 cm³/mol. The van der Waals surface area contributed by atoms with Gasteiger partial charge in [-0.3, -0.25) is 9.59 Å². The Morgan fingerprint density at radius 3 is 2.46 bits per heavy atom. The number of Topliss-reactive ketones (excluding diaryl/α,β-unsaturated/α-hetero) is 1. The van der Waals surface area contributed by atoms with Crippen molar-refractivity contribution in [3.05, 3.63) is 77.7 Å². The van der Waals surface area contributed by atoms with E-state index in [-0.39, 0.29) is 17.4 Å². The number of carbonyl (C=O) groups is 2. The van der Waals surface area contributed by atoms with Gasteiger partial charge in [-0.2, -0.15) is 0 Å². The predicted octanol–water partition coefficient (Wildman–Crippen LogP) is 4.40. The number of anilines is 3. The largest absolute Gasteiger partial charge is 0.339 e. The van der Waals surface area contributed by atoms with Gasteiger partial charge in [-0.05, 0) is 50.6 Å². The van der Waals surface area contributed by atoms with Crippen LogP contribution in [0.4, 0.5) is 17.2 Å². The number of carbonyl (C=O) groups excluding carboxylic acids is 2. The number of nitrogens with one attached hydrogen (secondary N) is 1. The maximum atomic E-state index is 12.8. The highest BCUT2D eigenvalue weighted by Crippen LogP contribution is 2.19. The zero-order valence-electron chi connectivity index (χ0n) is 16.1. The second-order valence-corrected chi connectivity index (χ2v) is 6.44. The molecule has 0 saturated carbocycles. The van der Waals surface area contributed by atoms with Crippen molar-refractivity contribution in [1.82, 2.24) is 9.97 Å².